The van der Waals surface area contributed by atoms with Crippen molar-refractivity contribution in [3.8, 4) is 0 Å². The maximum atomic E-state index is 11.5. The molecule has 1 unspecified atom stereocenters. The van der Waals surface area contributed by atoms with Crippen molar-refractivity contribution in [1.29, 1.82) is 0 Å². The zero-order valence-electron chi connectivity index (χ0n) is 10.2. The highest BCUT2D eigenvalue weighted by Gasteiger charge is 2.21. The lowest BCUT2D eigenvalue weighted by molar-refractivity contribution is -0.127. The molecule has 90 valence electrons. The Labute approximate surface area is 98.1 Å². The number of hydrogen-bond acceptors (Lipinski definition) is 2. The molecule has 0 spiro atoms. The van der Waals surface area contributed by atoms with Crippen molar-refractivity contribution in [2.45, 2.75) is 38.1 Å². The molecule has 1 fully saturated rings. The van der Waals surface area contributed by atoms with Gasteiger partial charge in [-0.25, -0.2) is 0 Å². The van der Waals surface area contributed by atoms with E-state index in [9.17, 15) is 4.79 Å². The number of likely N-dealkylation sites (N-methyl/N-ethyl adjacent to an activating group) is 1. The van der Waals surface area contributed by atoms with Crippen molar-refractivity contribution in [3.63, 3.8) is 0 Å². The highest BCUT2D eigenvalue weighted by atomic mass is 16.2. The van der Waals surface area contributed by atoms with Crippen LogP contribution in [0.25, 0.3) is 0 Å². The van der Waals surface area contributed by atoms with Gasteiger partial charge in [-0.15, -0.1) is 0 Å². The number of allylic oxidation sites excluding steroid dienone is 1. The van der Waals surface area contributed by atoms with Crippen molar-refractivity contribution in [1.82, 2.24) is 9.80 Å². The largest absolute Gasteiger partial charge is 0.341 e. The molecule has 1 amide bonds. The van der Waals surface area contributed by atoms with Gasteiger partial charge in [-0.1, -0.05) is 12.2 Å². The molecule has 1 aliphatic heterocycles. The van der Waals surface area contributed by atoms with E-state index in [4.69, 9.17) is 0 Å². The monoisotopic (exact) mass is 222 g/mol. The maximum Gasteiger partial charge on any atom is 0.222 e. The second-order valence-corrected chi connectivity index (χ2v) is 4.89. The van der Waals surface area contributed by atoms with Gasteiger partial charge in [0.05, 0.1) is 0 Å². The average molecular weight is 222 g/mol. The second kappa shape index (κ2) is 5.48. The Balaban J connectivity index is 1.74. The van der Waals surface area contributed by atoms with Crippen molar-refractivity contribution in [2.75, 3.05) is 26.7 Å². The van der Waals surface area contributed by atoms with Crippen molar-refractivity contribution in [2.24, 2.45) is 0 Å². The van der Waals surface area contributed by atoms with E-state index in [0.717, 1.165) is 32.5 Å². The lowest BCUT2D eigenvalue weighted by atomic mass is 10.0. The zero-order chi connectivity index (χ0) is 11.4. The minimum atomic E-state index is 0.340. The van der Waals surface area contributed by atoms with Gasteiger partial charge in [-0.05, 0) is 32.7 Å². The molecule has 0 aromatic carbocycles. The average Bonchev–Trinajstić information content (AvgIpc) is 2.73. The summed E-state index contributed by atoms with van der Waals surface area (Å²) in [6, 6.07) is 0.589. The van der Waals surface area contributed by atoms with Gasteiger partial charge in [0, 0.05) is 32.1 Å². The van der Waals surface area contributed by atoms with Crippen LogP contribution in [0.2, 0.25) is 0 Å². The Hall–Kier alpha value is -0.830. The number of likely N-dealkylation sites (tertiary alicyclic amines) is 1. The number of carbonyl (C=O) groups excluding carboxylic acids is 1. The van der Waals surface area contributed by atoms with Gasteiger partial charge in [0.15, 0.2) is 0 Å². The summed E-state index contributed by atoms with van der Waals surface area (Å²) < 4.78 is 0. The third-order valence-corrected chi connectivity index (χ3v) is 3.69. The summed E-state index contributed by atoms with van der Waals surface area (Å²) in [6.07, 6.45) is 10.2. The molecule has 1 saturated heterocycles. The van der Waals surface area contributed by atoms with Gasteiger partial charge >= 0.3 is 0 Å². The molecule has 3 heteroatoms. The normalized spacial score (nSPS) is 25.8. The van der Waals surface area contributed by atoms with Crippen molar-refractivity contribution >= 4 is 5.91 Å². The third kappa shape index (κ3) is 2.85. The van der Waals surface area contributed by atoms with E-state index in [1.807, 2.05) is 4.90 Å². The van der Waals surface area contributed by atoms with Crippen LogP contribution in [0.1, 0.15) is 32.1 Å². The number of rotatable bonds is 4. The van der Waals surface area contributed by atoms with Gasteiger partial charge in [0.1, 0.15) is 0 Å². The molecule has 1 heterocycles. The Bertz CT molecular complexity index is 275. The SMILES string of the molecule is CN(CCN1CCCC1=O)C1C=CCCC1. The summed E-state index contributed by atoms with van der Waals surface area (Å²) in [6.45, 7) is 2.87. The smallest absolute Gasteiger partial charge is 0.222 e. The van der Waals surface area contributed by atoms with Crippen LogP contribution >= 0.6 is 0 Å². The lowest BCUT2D eigenvalue weighted by Crippen LogP contribution is -2.38. The molecule has 0 aromatic rings. The molecule has 16 heavy (non-hydrogen) atoms. The Kier molecular flexibility index (Phi) is 3.99. The predicted octanol–water partition coefficient (Wildman–Crippen LogP) is 1.65. The minimum Gasteiger partial charge on any atom is -0.341 e. The van der Waals surface area contributed by atoms with Gasteiger partial charge < -0.3 is 4.90 Å². The first kappa shape index (κ1) is 11.6. The molecule has 1 atom stereocenters. The Morgan fingerprint density at radius 3 is 3.00 bits per heavy atom. The van der Waals surface area contributed by atoms with Gasteiger partial charge in [-0.2, -0.15) is 0 Å². The van der Waals surface area contributed by atoms with Crippen LogP contribution < -0.4 is 0 Å². The van der Waals surface area contributed by atoms with Crippen LogP contribution in [0.5, 0.6) is 0 Å². The van der Waals surface area contributed by atoms with E-state index in [-0.39, 0.29) is 0 Å². The summed E-state index contributed by atoms with van der Waals surface area (Å²) in [7, 11) is 2.17. The van der Waals surface area contributed by atoms with E-state index in [2.05, 4.69) is 24.1 Å². The van der Waals surface area contributed by atoms with Crippen molar-refractivity contribution in [3.05, 3.63) is 12.2 Å². The lowest BCUT2D eigenvalue weighted by Gasteiger charge is -2.29. The van der Waals surface area contributed by atoms with E-state index in [0.29, 0.717) is 11.9 Å². The third-order valence-electron chi connectivity index (χ3n) is 3.69. The molecule has 2 rings (SSSR count). The highest BCUT2D eigenvalue weighted by Crippen LogP contribution is 2.15. The first-order chi connectivity index (χ1) is 7.77. The van der Waals surface area contributed by atoms with Crippen LogP contribution in [0.15, 0.2) is 12.2 Å². The number of nitrogens with zero attached hydrogens (tertiary/aromatic N) is 2. The zero-order valence-corrected chi connectivity index (χ0v) is 10.2. The van der Waals surface area contributed by atoms with Crippen LogP contribution in [0.3, 0.4) is 0 Å². The van der Waals surface area contributed by atoms with Crippen LogP contribution in [-0.4, -0.2) is 48.4 Å². The van der Waals surface area contributed by atoms with E-state index >= 15 is 0 Å². The van der Waals surface area contributed by atoms with Gasteiger partial charge in [0.2, 0.25) is 5.91 Å². The number of amides is 1. The van der Waals surface area contributed by atoms with E-state index < -0.39 is 0 Å². The van der Waals surface area contributed by atoms with Crippen LogP contribution in [-0.2, 0) is 4.79 Å². The topological polar surface area (TPSA) is 23.6 Å². The predicted molar refractivity (Wildman–Crippen MR) is 65.2 cm³/mol. The summed E-state index contributed by atoms with van der Waals surface area (Å²) in [5.74, 6) is 0.340. The van der Waals surface area contributed by atoms with Crippen LogP contribution in [0.4, 0.5) is 0 Å². The molecule has 0 N–H and O–H groups in total. The Morgan fingerprint density at radius 1 is 1.50 bits per heavy atom. The fourth-order valence-electron chi connectivity index (χ4n) is 2.55. The maximum absolute atomic E-state index is 11.5. The van der Waals surface area contributed by atoms with E-state index in [1.165, 1.54) is 19.3 Å². The quantitative estimate of drug-likeness (QED) is 0.675. The molecule has 1 aliphatic carbocycles. The first-order valence-electron chi connectivity index (χ1n) is 6.42. The molecule has 0 radical (unpaired) electrons. The van der Waals surface area contributed by atoms with Gasteiger partial charge in [0.25, 0.3) is 0 Å². The molecule has 2 aliphatic rings. The second-order valence-electron chi connectivity index (χ2n) is 4.89. The summed E-state index contributed by atoms with van der Waals surface area (Å²) >= 11 is 0. The molecule has 0 bridgehead atoms. The fraction of sp³-hybridized carbons (Fsp3) is 0.769. The number of carbonyl (C=O) groups is 1. The fourth-order valence-corrected chi connectivity index (χ4v) is 2.55. The molecule has 0 aromatic heterocycles. The molecule has 3 nitrogen and oxygen atoms in total. The minimum absolute atomic E-state index is 0.340. The summed E-state index contributed by atoms with van der Waals surface area (Å²) in [5, 5.41) is 0. The molecule has 0 saturated carbocycles. The van der Waals surface area contributed by atoms with Crippen LogP contribution in [0, 0.1) is 0 Å². The van der Waals surface area contributed by atoms with Crippen molar-refractivity contribution < 1.29 is 4.79 Å². The summed E-state index contributed by atoms with van der Waals surface area (Å²) in [4.78, 5) is 15.8. The van der Waals surface area contributed by atoms with E-state index in [1.54, 1.807) is 0 Å². The summed E-state index contributed by atoms with van der Waals surface area (Å²) in [5.41, 5.74) is 0. The molecular weight excluding hydrogens is 200 g/mol. The first-order valence-corrected chi connectivity index (χ1v) is 6.42. The molecular formula is C13H22N2O. The van der Waals surface area contributed by atoms with Gasteiger partial charge in [-0.3, -0.25) is 9.69 Å². The highest BCUT2D eigenvalue weighted by molar-refractivity contribution is 5.78. The number of hydrogen-bond donors (Lipinski definition) is 0. The standard InChI is InChI=1S/C13H22N2O/c1-14(12-6-3-2-4-7-12)10-11-15-9-5-8-13(15)16/h3,6,12H,2,4-5,7-11H2,1H3. The Morgan fingerprint density at radius 2 is 2.38 bits per heavy atom.